The number of rotatable bonds is 4. The molecule has 5 heteroatoms. The highest BCUT2D eigenvalue weighted by Crippen LogP contribution is 2.22. The van der Waals surface area contributed by atoms with Crippen LogP contribution >= 0.6 is 0 Å². The number of carbonyl (C=O) groups excluding carboxylic acids is 1. The van der Waals surface area contributed by atoms with Crippen LogP contribution in [0.2, 0.25) is 0 Å². The molecule has 0 radical (unpaired) electrons. The number of nitrogens with zero attached hydrogens (tertiary/aromatic N) is 3. The number of hydrogen-bond donors (Lipinski definition) is 1. The maximum atomic E-state index is 12.4. The summed E-state index contributed by atoms with van der Waals surface area (Å²) in [5, 5.41) is 2.87. The summed E-state index contributed by atoms with van der Waals surface area (Å²) in [6.07, 6.45) is 5.20. The molecule has 0 atom stereocenters. The van der Waals surface area contributed by atoms with Crippen LogP contribution in [0.3, 0.4) is 0 Å². The summed E-state index contributed by atoms with van der Waals surface area (Å²) in [5.74, 6) is 0.552. The number of carbonyl (C=O) groups is 1. The van der Waals surface area contributed by atoms with E-state index in [0.29, 0.717) is 5.69 Å². The first-order chi connectivity index (χ1) is 13.2. The lowest BCUT2D eigenvalue weighted by Gasteiger charge is -2.29. The molecule has 0 saturated carbocycles. The highest BCUT2D eigenvalue weighted by Gasteiger charge is 2.18. The Kier molecular flexibility index (Phi) is 4.83. The minimum atomic E-state index is -0.248. The van der Waals surface area contributed by atoms with Crippen molar-refractivity contribution in [1.29, 1.82) is 0 Å². The van der Waals surface area contributed by atoms with E-state index in [1.807, 2.05) is 24.3 Å². The Balaban J connectivity index is 1.43. The average Bonchev–Trinajstić information content (AvgIpc) is 2.74. The van der Waals surface area contributed by atoms with Gasteiger partial charge < -0.3 is 10.2 Å². The van der Waals surface area contributed by atoms with E-state index in [-0.39, 0.29) is 5.91 Å². The molecule has 1 aliphatic rings. The van der Waals surface area contributed by atoms with Gasteiger partial charge in [0.05, 0.1) is 12.4 Å². The van der Waals surface area contributed by atoms with Crippen LogP contribution in [0.1, 0.15) is 34.1 Å². The fourth-order valence-corrected chi connectivity index (χ4v) is 3.31. The lowest BCUT2D eigenvalue weighted by Crippen LogP contribution is -2.31. The van der Waals surface area contributed by atoms with Crippen molar-refractivity contribution in [2.24, 2.45) is 0 Å². The maximum absolute atomic E-state index is 12.4. The molecule has 1 aromatic heterocycles. The predicted octanol–water partition coefficient (Wildman–Crippen LogP) is 3.85. The second-order valence-electron chi connectivity index (χ2n) is 6.70. The molecule has 0 fully saturated rings. The Labute approximate surface area is 159 Å². The number of nitrogens with one attached hydrogen (secondary N) is 1. The summed E-state index contributed by atoms with van der Waals surface area (Å²) in [6.45, 7) is 3.83. The molecule has 3 aromatic rings. The highest BCUT2D eigenvalue weighted by molar-refractivity contribution is 6.02. The summed E-state index contributed by atoms with van der Waals surface area (Å²) < 4.78 is 0. The van der Waals surface area contributed by atoms with Crippen molar-refractivity contribution in [2.45, 2.75) is 26.3 Å². The smallest absolute Gasteiger partial charge is 0.275 e. The molecule has 136 valence electrons. The van der Waals surface area contributed by atoms with E-state index in [1.165, 1.54) is 16.7 Å². The van der Waals surface area contributed by atoms with E-state index in [2.05, 4.69) is 51.4 Å². The number of aromatic nitrogens is 2. The molecule has 2 aromatic carbocycles. The third kappa shape index (κ3) is 3.82. The molecule has 0 saturated heterocycles. The molecular formula is C22H22N4O. The number of amides is 1. The number of fused-ring (bicyclic) bond motifs is 1. The molecule has 1 N–H and O–H groups in total. The molecular weight excluding hydrogens is 336 g/mol. The topological polar surface area (TPSA) is 58.1 Å². The van der Waals surface area contributed by atoms with E-state index in [1.54, 1.807) is 12.4 Å². The summed E-state index contributed by atoms with van der Waals surface area (Å²) in [5.41, 5.74) is 5.03. The summed E-state index contributed by atoms with van der Waals surface area (Å²) in [4.78, 5) is 23.4. The second kappa shape index (κ2) is 7.58. The first kappa shape index (κ1) is 17.2. The molecule has 27 heavy (non-hydrogen) atoms. The fourth-order valence-electron chi connectivity index (χ4n) is 3.31. The van der Waals surface area contributed by atoms with Crippen molar-refractivity contribution < 1.29 is 4.79 Å². The molecule has 2 heterocycles. The van der Waals surface area contributed by atoms with Gasteiger partial charge in [-0.25, -0.2) is 9.97 Å². The van der Waals surface area contributed by atoms with Gasteiger partial charge in [-0.15, -0.1) is 0 Å². The lowest BCUT2D eigenvalue weighted by atomic mass is 10.0. The lowest BCUT2D eigenvalue weighted by molar-refractivity contribution is 0.102. The Morgan fingerprint density at radius 2 is 1.81 bits per heavy atom. The van der Waals surface area contributed by atoms with Gasteiger partial charge in [0.25, 0.3) is 5.91 Å². The van der Waals surface area contributed by atoms with E-state index in [4.69, 9.17) is 0 Å². The SMILES string of the molecule is CCc1ccc(NC(=O)c2cnc(N3CCc4ccccc4C3)cn2)cc1. The van der Waals surface area contributed by atoms with Crippen molar-refractivity contribution in [1.82, 2.24) is 9.97 Å². The van der Waals surface area contributed by atoms with Crippen LogP contribution in [0.5, 0.6) is 0 Å². The van der Waals surface area contributed by atoms with Crippen LogP contribution in [-0.2, 0) is 19.4 Å². The van der Waals surface area contributed by atoms with Crippen LogP contribution in [0.4, 0.5) is 11.5 Å². The highest BCUT2D eigenvalue weighted by atomic mass is 16.1. The van der Waals surface area contributed by atoms with Gasteiger partial charge >= 0.3 is 0 Å². The predicted molar refractivity (Wildman–Crippen MR) is 107 cm³/mol. The maximum Gasteiger partial charge on any atom is 0.275 e. The van der Waals surface area contributed by atoms with Gasteiger partial charge in [0.1, 0.15) is 11.5 Å². The van der Waals surface area contributed by atoms with Gasteiger partial charge in [0.2, 0.25) is 0 Å². The van der Waals surface area contributed by atoms with Gasteiger partial charge in [-0.05, 0) is 41.7 Å². The molecule has 0 spiro atoms. The minimum Gasteiger partial charge on any atom is -0.351 e. The van der Waals surface area contributed by atoms with Crippen LogP contribution < -0.4 is 10.2 Å². The van der Waals surface area contributed by atoms with E-state index < -0.39 is 0 Å². The Morgan fingerprint density at radius 1 is 1.04 bits per heavy atom. The number of aryl methyl sites for hydroxylation is 1. The Morgan fingerprint density at radius 3 is 2.52 bits per heavy atom. The standard InChI is InChI=1S/C22H22N4O/c1-2-16-7-9-19(10-8-16)25-22(27)20-13-24-21(14-23-20)26-12-11-17-5-3-4-6-18(17)15-26/h3-10,13-14H,2,11-12,15H2,1H3,(H,25,27). The minimum absolute atomic E-state index is 0.248. The zero-order valence-electron chi connectivity index (χ0n) is 15.4. The normalized spacial score (nSPS) is 13.1. The van der Waals surface area contributed by atoms with Crippen LogP contribution in [-0.4, -0.2) is 22.4 Å². The van der Waals surface area contributed by atoms with Crippen LogP contribution in [0, 0.1) is 0 Å². The third-order valence-electron chi connectivity index (χ3n) is 4.95. The van der Waals surface area contributed by atoms with Crippen LogP contribution in [0.25, 0.3) is 0 Å². The average molecular weight is 358 g/mol. The van der Waals surface area contributed by atoms with Crippen molar-refractivity contribution in [2.75, 3.05) is 16.8 Å². The Bertz CT molecular complexity index is 935. The van der Waals surface area contributed by atoms with E-state index >= 15 is 0 Å². The first-order valence-electron chi connectivity index (χ1n) is 9.27. The van der Waals surface area contributed by atoms with E-state index in [0.717, 1.165) is 37.4 Å². The van der Waals surface area contributed by atoms with Crippen molar-refractivity contribution >= 4 is 17.4 Å². The van der Waals surface area contributed by atoms with Gasteiger partial charge in [-0.2, -0.15) is 0 Å². The first-order valence-corrected chi connectivity index (χ1v) is 9.27. The third-order valence-corrected chi connectivity index (χ3v) is 4.95. The summed E-state index contributed by atoms with van der Waals surface area (Å²) in [7, 11) is 0. The molecule has 5 nitrogen and oxygen atoms in total. The monoisotopic (exact) mass is 358 g/mol. The van der Waals surface area contributed by atoms with Gasteiger partial charge in [-0.1, -0.05) is 43.3 Å². The number of hydrogen-bond acceptors (Lipinski definition) is 4. The molecule has 1 aliphatic heterocycles. The molecule has 0 bridgehead atoms. The Hall–Kier alpha value is -3.21. The molecule has 0 aliphatic carbocycles. The zero-order valence-corrected chi connectivity index (χ0v) is 15.4. The second-order valence-corrected chi connectivity index (χ2v) is 6.70. The fraction of sp³-hybridized carbons (Fsp3) is 0.227. The van der Waals surface area contributed by atoms with Crippen LogP contribution in [0.15, 0.2) is 60.9 Å². The van der Waals surface area contributed by atoms with Crippen molar-refractivity contribution in [3.05, 3.63) is 83.3 Å². The molecule has 0 unspecified atom stereocenters. The van der Waals surface area contributed by atoms with Crippen molar-refractivity contribution in [3.8, 4) is 0 Å². The summed E-state index contributed by atoms with van der Waals surface area (Å²) in [6, 6.07) is 16.3. The molecule has 4 rings (SSSR count). The quantitative estimate of drug-likeness (QED) is 0.769. The molecule has 1 amide bonds. The summed E-state index contributed by atoms with van der Waals surface area (Å²) >= 11 is 0. The van der Waals surface area contributed by atoms with E-state index in [9.17, 15) is 4.79 Å². The largest absolute Gasteiger partial charge is 0.351 e. The van der Waals surface area contributed by atoms with Gasteiger partial charge in [0.15, 0.2) is 0 Å². The van der Waals surface area contributed by atoms with Gasteiger partial charge in [0, 0.05) is 18.8 Å². The zero-order chi connectivity index (χ0) is 18.6. The van der Waals surface area contributed by atoms with Crippen molar-refractivity contribution in [3.63, 3.8) is 0 Å². The number of benzene rings is 2. The van der Waals surface area contributed by atoms with Gasteiger partial charge in [-0.3, -0.25) is 4.79 Å². The number of anilines is 2.